The van der Waals surface area contributed by atoms with Gasteiger partial charge in [-0.25, -0.2) is 0 Å². The Hall–Kier alpha value is -0.160. The van der Waals surface area contributed by atoms with E-state index in [1.807, 2.05) is 0 Å². The van der Waals surface area contributed by atoms with Crippen LogP contribution in [0.3, 0.4) is 0 Å². The minimum Gasteiger partial charge on any atom is -0.376 e. The first kappa shape index (κ1) is 13.9. The SMILES string of the molecule is CCCC1(CCC)CCOC1CS(=O)(=O)F. The lowest BCUT2D eigenvalue weighted by atomic mass is 9.74. The number of ether oxygens (including phenoxy) is 1. The van der Waals surface area contributed by atoms with E-state index >= 15 is 0 Å². The van der Waals surface area contributed by atoms with E-state index in [0.29, 0.717) is 6.61 Å². The molecule has 5 heteroatoms. The lowest BCUT2D eigenvalue weighted by Crippen LogP contribution is -2.35. The molecule has 0 spiro atoms. The van der Waals surface area contributed by atoms with Gasteiger partial charge in [-0.3, -0.25) is 0 Å². The van der Waals surface area contributed by atoms with Crippen LogP contribution in [0.1, 0.15) is 46.0 Å². The second-order valence-electron chi connectivity index (χ2n) is 4.68. The molecule has 1 saturated heterocycles. The monoisotopic (exact) mass is 252 g/mol. The predicted octanol–water partition coefficient (Wildman–Crippen LogP) is 2.66. The van der Waals surface area contributed by atoms with Gasteiger partial charge in [-0.2, -0.15) is 8.42 Å². The van der Waals surface area contributed by atoms with Crippen LogP contribution in [0.25, 0.3) is 0 Å². The zero-order valence-corrected chi connectivity index (χ0v) is 10.9. The molecule has 0 aliphatic carbocycles. The lowest BCUT2D eigenvalue weighted by molar-refractivity contribution is 0.0548. The van der Waals surface area contributed by atoms with E-state index in [4.69, 9.17) is 4.74 Å². The van der Waals surface area contributed by atoms with E-state index in [2.05, 4.69) is 13.8 Å². The molecule has 0 saturated carbocycles. The van der Waals surface area contributed by atoms with Crippen molar-refractivity contribution in [2.45, 2.75) is 52.1 Å². The highest BCUT2D eigenvalue weighted by Crippen LogP contribution is 2.44. The molecule has 1 atom stereocenters. The van der Waals surface area contributed by atoms with Crippen LogP contribution in [-0.2, 0) is 15.0 Å². The van der Waals surface area contributed by atoms with Crippen molar-refractivity contribution in [1.82, 2.24) is 0 Å². The summed E-state index contributed by atoms with van der Waals surface area (Å²) < 4.78 is 39.7. The molecule has 0 aromatic heterocycles. The Morgan fingerprint density at radius 3 is 2.31 bits per heavy atom. The summed E-state index contributed by atoms with van der Waals surface area (Å²) in [4.78, 5) is 0. The molecule has 1 heterocycles. The third-order valence-corrected chi connectivity index (χ3v) is 4.15. The Kier molecular flexibility index (Phi) is 4.73. The molecule has 16 heavy (non-hydrogen) atoms. The second-order valence-corrected chi connectivity index (χ2v) is 6.09. The minimum atomic E-state index is -4.44. The second kappa shape index (κ2) is 5.45. The molecule has 3 nitrogen and oxygen atoms in total. The summed E-state index contributed by atoms with van der Waals surface area (Å²) in [6, 6.07) is 0. The molecular weight excluding hydrogens is 231 g/mol. The van der Waals surface area contributed by atoms with Crippen molar-refractivity contribution < 1.29 is 17.0 Å². The molecule has 0 radical (unpaired) electrons. The van der Waals surface area contributed by atoms with Crippen LogP contribution < -0.4 is 0 Å². The van der Waals surface area contributed by atoms with Crippen molar-refractivity contribution >= 4 is 10.2 Å². The van der Waals surface area contributed by atoms with E-state index in [1.54, 1.807) is 0 Å². The maximum Gasteiger partial charge on any atom is 0.304 e. The summed E-state index contributed by atoms with van der Waals surface area (Å²) in [7, 11) is -4.44. The van der Waals surface area contributed by atoms with Crippen molar-refractivity contribution in [3.05, 3.63) is 0 Å². The summed E-state index contributed by atoms with van der Waals surface area (Å²) in [5, 5.41) is 0. The quantitative estimate of drug-likeness (QED) is 0.683. The van der Waals surface area contributed by atoms with Gasteiger partial charge in [-0.15, -0.1) is 3.89 Å². The Morgan fingerprint density at radius 1 is 1.31 bits per heavy atom. The van der Waals surface area contributed by atoms with Gasteiger partial charge in [0.2, 0.25) is 0 Å². The number of hydrogen-bond donors (Lipinski definition) is 0. The third-order valence-electron chi connectivity index (χ3n) is 3.45. The summed E-state index contributed by atoms with van der Waals surface area (Å²) in [6.45, 7) is 4.69. The smallest absolute Gasteiger partial charge is 0.304 e. The maximum absolute atomic E-state index is 12.8. The van der Waals surface area contributed by atoms with Crippen LogP contribution >= 0.6 is 0 Å². The molecule has 96 valence electrons. The van der Waals surface area contributed by atoms with Crippen LogP contribution in [0.5, 0.6) is 0 Å². The highest BCUT2D eigenvalue weighted by molar-refractivity contribution is 7.86. The van der Waals surface area contributed by atoms with Crippen LogP contribution in [0.2, 0.25) is 0 Å². The molecule has 0 amide bonds. The van der Waals surface area contributed by atoms with E-state index in [9.17, 15) is 12.3 Å². The Morgan fingerprint density at radius 2 is 1.88 bits per heavy atom. The minimum absolute atomic E-state index is 0.122. The van der Waals surface area contributed by atoms with E-state index in [-0.39, 0.29) is 5.41 Å². The van der Waals surface area contributed by atoms with Crippen LogP contribution in [0.4, 0.5) is 3.89 Å². The summed E-state index contributed by atoms with van der Waals surface area (Å²) >= 11 is 0. The summed E-state index contributed by atoms with van der Waals surface area (Å²) in [6.07, 6.45) is 4.19. The van der Waals surface area contributed by atoms with Gasteiger partial charge >= 0.3 is 10.2 Å². The predicted molar refractivity (Wildman–Crippen MR) is 61.5 cm³/mol. The molecule has 1 unspecified atom stereocenters. The van der Waals surface area contributed by atoms with Gasteiger partial charge in [0.05, 0.1) is 6.10 Å². The van der Waals surface area contributed by atoms with Crippen molar-refractivity contribution in [1.29, 1.82) is 0 Å². The highest BCUT2D eigenvalue weighted by atomic mass is 32.3. The highest BCUT2D eigenvalue weighted by Gasteiger charge is 2.44. The molecular formula is C11H21FO3S. The average Bonchev–Trinajstić information content (AvgIpc) is 2.48. The Labute approximate surface area is 97.6 Å². The summed E-state index contributed by atoms with van der Waals surface area (Å²) in [5.41, 5.74) is -0.122. The average molecular weight is 252 g/mol. The Bertz CT molecular complexity index is 307. The topological polar surface area (TPSA) is 43.4 Å². The zero-order valence-electron chi connectivity index (χ0n) is 10.0. The first-order chi connectivity index (χ1) is 7.43. The molecule has 0 N–H and O–H groups in total. The van der Waals surface area contributed by atoms with Gasteiger partial charge in [0.25, 0.3) is 0 Å². The fraction of sp³-hybridized carbons (Fsp3) is 1.00. The molecule has 1 aliphatic rings. The first-order valence-electron chi connectivity index (χ1n) is 5.97. The molecule has 1 fully saturated rings. The maximum atomic E-state index is 12.8. The molecule has 0 aromatic carbocycles. The Balaban J connectivity index is 2.80. The summed E-state index contributed by atoms with van der Waals surface area (Å²) in [5.74, 6) is -0.479. The molecule has 0 aromatic rings. The molecule has 0 bridgehead atoms. The standard InChI is InChI=1S/C11H21FO3S/c1-3-5-11(6-4-2)7-8-15-10(11)9-16(12,13)14/h10H,3-9H2,1-2H3. The normalized spacial score (nSPS) is 24.8. The number of halogens is 1. The van der Waals surface area contributed by atoms with E-state index < -0.39 is 22.1 Å². The van der Waals surface area contributed by atoms with Gasteiger partial charge in [0, 0.05) is 6.61 Å². The zero-order chi connectivity index (χ0) is 12.2. The van der Waals surface area contributed by atoms with Gasteiger partial charge in [0.15, 0.2) is 0 Å². The van der Waals surface area contributed by atoms with Crippen LogP contribution in [0.15, 0.2) is 0 Å². The van der Waals surface area contributed by atoms with Gasteiger partial charge < -0.3 is 4.74 Å². The molecule has 1 aliphatic heterocycles. The van der Waals surface area contributed by atoms with Gasteiger partial charge in [-0.05, 0) is 24.7 Å². The fourth-order valence-corrected chi connectivity index (χ4v) is 3.65. The first-order valence-corrected chi connectivity index (χ1v) is 7.53. The fourth-order valence-electron chi connectivity index (χ4n) is 2.84. The van der Waals surface area contributed by atoms with Gasteiger partial charge in [-0.1, -0.05) is 26.7 Å². The van der Waals surface area contributed by atoms with E-state index in [0.717, 1.165) is 32.1 Å². The largest absolute Gasteiger partial charge is 0.376 e. The van der Waals surface area contributed by atoms with E-state index in [1.165, 1.54) is 0 Å². The van der Waals surface area contributed by atoms with Crippen molar-refractivity contribution in [3.8, 4) is 0 Å². The lowest BCUT2D eigenvalue weighted by Gasteiger charge is -2.33. The van der Waals surface area contributed by atoms with Crippen molar-refractivity contribution in [2.75, 3.05) is 12.4 Å². The number of hydrogen-bond acceptors (Lipinski definition) is 3. The molecule has 1 rings (SSSR count). The van der Waals surface area contributed by atoms with Crippen LogP contribution in [-0.4, -0.2) is 26.9 Å². The van der Waals surface area contributed by atoms with Gasteiger partial charge in [0.1, 0.15) is 5.75 Å². The van der Waals surface area contributed by atoms with Crippen molar-refractivity contribution in [2.24, 2.45) is 5.41 Å². The van der Waals surface area contributed by atoms with Crippen LogP contribution in [0, 0.1) is 5.41 Å². The van der Waals surface area contributed by atoms with Crippen molar-refractivity contribution in [3.63, 3.8) is 0 Å². The number of rotatable bonds is 6. The third kappa shape index (κ3) is 3.42.